The van der Waals surface area contributed by atoms with E-state index in [1.165, 1.54) is 12.7 Å². The predicted octanol–water partition coefficient (Wildman–Crippen LogP) is 1.66. The van der Waals surface area contributed by atoms with Gasteiger partial charge in [0.15, 0.2) is 5.76 Å². The van der Waals surface area contributed by atoms with E-state index in [1.54, 1.807) is 34.2 Å². The van der Waals surface area contributed by atoms with Crippen LogP contribution in [0.4, 0.5) is 5.95 Å². The average molecular weight is 369 g/mol. The van der Waals surface area contributed by atoms with Crippen LogP contribution < -0.4 is 4.90 Å². The molecule has 0 unspecified atom stereocenters. The molecule has 2 aromatic rings. The van der Waals surface area contributed by atoms with Gasteiger partial charge in [-0.2, -0.15) is 0 Å². The SMILES string of the molecule is O=C(c1ccnc(N2CCCCC2)n1)N1CCN(C(=O)c2ccco2)CC1. The number of carbonyl (C=O) groups is 2. The molecule has 4 rings (SSSR count). The van der Waals surface area contributed by atoms with Crippen molar-refractivity contribution in [3.8, 4) is 0 Å². The van der Waals surface area contributed by atoms with Crippen LogP contribution in [0.5, 0.6) is 0 Å². The molecule has 2 aliphatic rings. The Morgan fingerprint density at radius 2 is 1.59 bits per heavy atom. The molecule has 2 saturated heterocycles. The van der Waals surface area contributed by atoms with E-state index in [-0.39, 0.29) is 11.8 Å². The summed E-state index contributed by atoms with van der Waals surface area (Å²) in [5.41, 5.74) is 0.413. The molecule has 0 radical (unpaired) electrons. The molecule has 2 fully saturated rings. The fraction of sp³-hybridized carbons (Fsp3) is 0.474. The van der Waals surface area contributed by atoms with Crippen molar-refractivity contribution >= 4 is 17.8 Å². The minimum atomic E-state index is -0.137. The molecule has 2 aliphatic heterocycles. The Kier molecular flexibility index (Phi) is 5.04. The first-order valence-corrected chi connectivity index (χ1v) is 9.42. The van der Waals surface area contributed by atoms with Crippen molar-refractivity contribution in [1.29, 1.82) is 0 Å². The van der Waals surface area contributed by atoms with E-state index >= 15 is 0 Å². The molecule has 27 heavy (non-hydrogen) atoms. The second-order valence-electron chi connectivity index (χ2n) is 6.85. The molecule has 4 heterocycles. The van der Waals surface area contributed by atoms with Gasteiger partial charge in [-0.05, 0) is 37.5 Å². The van der Waals surface area contributed by atoms with Crippen molar-refractivity contribution < 1.29 is 14.0 Å². The fourth-order valence-corrected chi connectivity index (χ4v) is 3.54. The third kappa shape index (κ3) is 3.79. The maximum Gasteiger partial charge on any atom is 0.289 e. The summed E-state index contributed by atoms with van der Waals surface area (Å²) in [6.07, 6.45) is 6.64. The molecule has 0 aliphatic carbocycles. The highest BCUT2D eigenvalue weighted by Crippen LogP contribution is 2.17. The van der Waals surface area contributed by atoms with Crippen LogP contribution in [0.25, 0.3) is 0 Å². The van der Waals surface area contributed by atoms with Gasteiger partial charge in [0, 0.05) is 45.5 Å². The van der Waals surface area contributed by atoms with Crippen molar-refractivity contribution in [1.82, 2.24) is 19.8 Å². The zero-order valence-electron chi connectivity index (χ0n) is 15.2. The van der Waals surface area contributed by atoms with Crippen LogP contribution in [-0.2, 0) is 0 Å². The Morgan fingerprint density at radius 3 is 2.26 bits per heavy atom. The number of hydrogen-bond donors (Lipinski definition) is 0. The van der Waals surface area contributed by atoms with Gasteiger partial charge in [0.1, 0.15) is 5.69 Å². The number of hydrogen-bond acceptors (Lipinski definition) is 6. The van der Waals surface area contributed by atoms with Crippen LogP contribution in [-0.4, -0.2) is 70.9 Å². The van der Waals surface area contributed by atoms with Crippen LogP contribution in [0.15, 0.2) is 35.1 Å². The lowest BCUT2D eigenvalue weighted by molar-refractivity contribution is 0.0515. The maximum atomic E-state index is 12.8. The monoisotopic (exact) mass is 369 g/mol. The molecule has 8 nitrogen and oxygen atoms in total. The highest BCUT2D eigenvalue weighted by atomic mass is 16.3. The molecular weight excluding hydrogens is 346 g/mol. The van der Waals surface area contributed by atoms with Crippen molar-refractivity contribution in [2.45, 2.75) is 19.3 Å². The topological polar surface area (TPSA) is 82.8 Å². The van der Waals surface area contributed by atoms with E-state index in [9.17, 15) is 9.59 Å². The molecule has 0 atom stereocenters. The quantitative estimate of drug-likeness (QED) is 0.818. The minimum Gasteiger partial charge on any atom is -0.459 e. The second-order valence-corrected chi connectivity index (χ2v) is 6.85. The number of furan rings is 1. The van der Waals surface area contributed by atoms with Crippen LogP contribution in [0.3, 0.4) is 0 Å². The number of piperazine rings is 1. The summed E-state index contributed by atoms with van der Waals surface area (Å²) >= 11 is 0. The molecule has 0 aromatic carbocycles. The lowest BCUT2D eigenvalue weighted by atomic mass is 10.1. The molecule has 2 amide bonds. The lowest BCUT2D eigenvalue weighted by Crippen LogP contribution is -2.50. The van der Waals surface area contributed by atoms with Crippen LogP contribution in [0, 0.1) is 0 Å². The Balaban J connectivity index is 1.38. The highest BCUT2D eigenvalue weighted by Gasteiger charge is 2.27. The number of amides is 2. The average Bonchev–Trinajstić information content (AvgIpc) is 3.28. The molecule has 2 aromatic heterocycles. The summed E-state index contributed by atoms with van der Waals surface area (Å²) in [6.45, 7) is 3.80. The minimum absolute atomic E-state index is 0.110. The Morgan fingerprint density at radius 1 is 0.889 bits per heavy atom. The lowest BCUT2D eigenvalue weighted by Gasteiger charge is -2.34. The highest BCUT2D eigenvalue weighted by molar-refractivity contribution is 5.93. The third-order valence-electron chi connectivity index (χ3n) is 5.09. The maximum absolute atomic E-state index is 12.8. The molecule has 0 spiro atoms. The number of nitrogens with zero attached hydrogens (tertiary/aromatic N) is 5. The number of piperidine rings is 1. The summed E-state index contributed by atoms with van der Waals surface area (Å²) in [5.74, 6) is 0.714. The van der Waals surface area contributed by atoms with Gasteiger partial charge in [0.25, 0.3) is 11.8 Å². The van der Waals surface area contributed by atoms with Gasteiger partial charge in [0.05, 0.1) is 6.26 Å². The zero-order chi connectivity index (χ0) is 18.6. The smallest absolute Gasteiger partial charge is 0.289 e. The summed E-state index contributed by atoms with van der Waals surface area (Å²) < 4.78 is 5.17. The molecular formula is C19H23N5O3. The number of anilines is 1. The van der Waals surface area contributed by atoms with Gasteiger partial charge in [-0.25, -0.2) is 9.97 Å². The first-order valence-electron chi connectivity index (χ1n) is 9.42. The first kappa shape index (κ1) is 17.5. The van der Waals surface area contributed by atoms with Crippen LogP contribution in [0.2, 0.25) is 0 Å². The van der Waals surface area contributed by atoms with Gasteiger partial charge in [0.2, 0.25) is 5.95 Å². The molecule has 142 valence electrons. The van der Waals surface area contributed by atoms with E-state index in [0.717, 1.165) is 25.9 Å². The Labute approximate surface area is 157 Å². The predicted molar refractivity (Wildman–Crippen MR) is 98.6 cm³/mol. The van der Waals surface area contributed by atoms with Crippen LogP contribution in [0.1, 0.15) is 40.3 Å². The molecule has 0 bridgehead atoms. The molecule has 8 heteroatoms. The second kappa shape index (κ2) is 7.77. The third-order valence-corrected chi connectivity index (χ3v) is 5.09. The summed E-state index contributed by atoms with van der Waals surface area (Å²) in [5, 5.41) is 0. The van der Waals surface area contributed by atoms with Gasteiger partial charge in [-0.3, -0.25) is 9.59 Å². The van der Waals surface area contributed by atoms with Gasteiger partial charge >= 0.3 is 0 Å². The van der Waals surface area contributed by atoms with Crippen molar-refractivity contribution in [3.05, 3.63) is 42.1 Å². The van der Waals surface area contributed by atoms with Crippen molar-refractivity contribution in [3.63, 3.8) is 0 Å². The Bertz CT molecular complexity index is 793. The van der Waals surface area contributed by atoms with Gasteiger partial charge < -0.3 is 19.1 Å². The summed E-state index contributed by atoms with van der Waals surface area (Å²) in [7, 11) is 0. The Hall–Kier alpha value is -2.90. The molecule has 0 N–H and O–H groups in total. The van der Waals surface area contributed by atoms with E-state index in [4.69, 9.17) is 4.42 Å². The fourth-order valence-electron chi connectivity index (χ4n) is 3.54. The van der Waals surface area contributed by atoms with Gasteiger partial charge in [-0.15, -0.1) is 0 Å². The largest absolute Gasteiger partial charge is 0.459 e. The normalized spacial score (nSPS) is 17.9. The standard InChI is InChI=1S/C19H23N5O3/c25-17(15-6-7-20-19(21-15)24-8-2-1-3-9-24)22-10-12-23(13-11-22)18(26)16-5-4-14-27-16/h4-7,14H,1-3,8-13H2. The zero-order valence-corrected chi connectivity index (χ0v) is 15.2. The van der Waals surface area contributed by atoms with Crippen molar-refractivity contribution in [2.75, 3.05) is 44.2 Å². The van der Waals surface area contributed by atoms with E-state index in [1.807, 2.05) is 0 Å². The van der Waals surface area contributed by atoms with Gasteiger partial charge in [-0.1, -0.05) is 0 Å². The van der Waals surface area contributed by atoms with E-state index in [2.05, 4.69) is 14.9 Å². The van der Waals surface area contributed by atoms with E-state index in [0.29, 0.717) is 43.6 Å². The molecule has 0 saturated carbocycles. The summed E-state index contributed by atoms with van der Waals surface area (Å²) in [4.78, 5) is 39.6. The van der Waals surface area contributed by atoms with Crippen LogP contribution >= 0.6 is 0 Å². The number of rotatable bonds is 3. The number of aromatic nitrogens is 2. The van der Waals surface area contributed by atoms with E-state index < -0.39 is 0 Å². The summed E-state index contributed by atoms with van der Waals surface area (Å²) in [6, 6.07) is 5.01. The van der Waals surface area contributed by atoms with Crippen molar-refractivity contribution in [2.24, 2.45) is 0 Å². The first-order chi connectivity index (χ1) is 13.2. The number of carbonyl (C=O) groups excluding carboxylic acids is 2.